The quantitative estimate of drug-likeness (QED) is 0.832. The van der Waals surface area contributed by atoms with Crippen LogP contribution in [0.1, 0.15) is 24.4 Å². The molecule has 1 heterocycles. The van der Waals surface area contributed by atoms with Crippen molar-refractivity contribution in [2.75, 3.05) is 6.54 Å². The first-order valence-corrected chi connectivity index (χ1v) is 5.76. The van der Waals surface area contributed by atoms with Crippen LogP contribution in [0, 0.1) is 5.82 Å². The summed E-state index contributed by atoms with van der Waals surface area (Å²) in [5.74, 6) is 0.699. The van der Waals surface area contributed by atoms with Crippen LogP contribution in [0.5, 0.6) is 0 Å². The standard InChI is InChI=1S/C13H16FN3/c1-2-15-12(9-13-16-6-7-17-13)10-4-3-5-11(14)8-10/h3-8,12,15H,2,9H2,1H3,(H,16,17). The molecule has 0 bridgehead atoms. The molecule has 2 N–H and O–H groups in total. The predicted molar refractivity (Wildman–Crippen MR) is 65.1 cm³/mol. The minimum Gasteiger partial charge on any atom is -0.349 e. The van der Waals surface area contributed by atoms with Crippen molar-refractivity contribution in [1.82, 2.24) is 15.3 Å². The highest BCUT2D eigenvalue weighted by Gasteiger charge is 2.12. The molecule has 1 aromatic carbocycles. The van der Waals surface area contributed by atoms with E-state index in [1.165, 1.54) is 6.07 Å². The van der Waals surface area contributed by atoms with Gasteiger partial charge < -0.3 is 10.3 Å². The number of nitrogens with one attached hydrogen (secondary N) is 2. The summed E-state index contributed by atoms with van der Waals surface area (Å²) in [6.45, 7) is 2.87. The molecule has 4 heteroatoms. The van der Waals surface area contributed by atoms with E-state index in [1.54, 1.807) is 24.5 Å². The van der Waals surface area contributed by atoms with Crippen molar-refractivity contribution in [3.05, 3.63) is 53.9 Å². The van der Waals surface area contributed by atoms with Crippen molar-refractivity contribution in [2.45, 2.75) is 19.4 Å². The molecule has 90 valence electrons. The van der Waals surface area contributed by atoms with Crippen molar-refractivity contribution in [3.63, 3.8) is 0 Å². The average molecular weight is 233 g/mol. The van der Waals surface area contributed by atoms with E-state index in [1.807, 2.05) is 13.0 Å². The Morgan fingerprint density at radius 1 is 1.47 bits per heavy atom. The number of H-pyrrole nitrogens is 1. The van der Waals surface area contributed by atoms with Crippen molar-refractivity contribution < 1.29 is 4.39 Å². The van der Waals surface area contributed by atoms with Gasteiger partial charge in [-0.15, -0.1) is 0 Å². The maximum Gasteiger partial charge on any atom is 0.123 e. The van der Waals surface area contributed by atoms with Gasteiger partial charge in [0.1, 0.15) is 11.6 Å². The Morgan fingerprint density at radius 2 is 2.35 bits per heavy atom. The molecular formula is C13H16FN3. The molecule has 0 radical (unpaired) electrons. The monoisotopic (exact) mass is 233 g/mol. The lowest BCUT2D eigenvalue weighted by atomic mass is 10.0. The molecule has 0 saturated carbocycles. The SMILES string of the molecule is CCNC(Cc1ncc[nH]1)c1cccc(F)c1. The molecule has 2 rings (SSSR count). The zero-order chi connectivity index (χ0) is 12.1. The smallest absolute Gasteiger partial charge is 0.123 e. The van der Waals surface area contributed by atoms with E-state index in [-0.39, 0.29) is 11.9 Å². The third-order valence-electron chi connectivity index (χ3n) is 2.65. The maximum atomic E-state index is 13.2. The third kappa shape index (κ3) is 3.14. The second kappa shape index (κ2) is 5.59. The summed E-state index contributed by atoms with van der Waals surface area (Å²) in [6, 6.07) is 6.77. The second-order valence-electron chi connectivity index (χ2n) is 3.91. The minimum atomic E-state index is -0.204. The third-order valence-corrected chi connectivity index (χ3v) is 2.65. The van der Waals surface area contributed by atoms with Crippen LogP contribution in [-0.4, -0.2) is 16.5 Å². The van der Waals surface area contributed by atoms with Gasteiger partial charge in [0.05, 0.1) is 0 Å². The summed E-state index contributed by atoms with van der Waals surface area (Å²) < 4.78 is 13.2. The normalized spacial score (nSPS) is 12.6. The number of rotatable bonds is 5. The van der Waals surface area contributed by atoms with Crippen molar-refractivity contribution in [3.8, 4) is 0 Å². The first kappa shape index (κ1) is 11.8. The first-order valence-electron chi connectivity index (χ1n) is 5.76. The molecule has 2 aromatic rings. The number of hydrogen-bond acceptors (Lipinski definition) is 2. The molecule has 0 amide bonds. The van der Waals surface area contributed by atoms with Crippen LogP contribution in [0.2, 0.25) is 0 Å². The lowest BCUT2D eigenvalue weighted by molar-refractivity contribution is 0.533. The van der Waals surface area contributed by atoms with Crippen molar-refractivity contribution in [1.29, 1.82) is 0 Å². The summed E-state index contributed by atoms with van der Waals surface area (Å²) in [5.41, 5.74) is 0.947. The Balaban J connectivity index is 2.16. The topological polar surface area (TPSA) is 40.7 Å². The number of hydrogen-bond donors (Lipinski definition) is 2. The van der Waals surface area contributed by atoms with Gasteiger partial charge in [-0.3, -0.25) is 0 Å². The first-order chi connectivity index (χ1) is 8.29. The Bertz CT molecular complexity index is 453. The maximum absolute atomic E-state index is 13.2. The van der Waals surface area contributed by atoms with Crippen LogP contribution in [-0.2, 0) is 6.42 Å². The van der Waals surface area contributed by atoms with Gasteiger partial charge in [-0.2, -0.15) is 0 Å². The summed E-state index contributed by atoms with van der Waals surface area (Å²) in [4.78, 5) is 7.26. The number of imidazole rings is 1. The van der Waals surface area contributed by atoms with Crippen molar-refractivity contribution >= 4 is 0 Å². The Hall–Kier alpha value is -1.68. The Kier molecular flexibility index (Phi) is 3.88. The van der Waals surface area contributed by atoms with Crippen LogP contribution < -0.4 is 5.32 Å². The molecule has 0 aliphatic rings. The summed E-state index contributed by atoms with van der Waals surface area (Å²) in [6.07, 6.45) is 4.25. The minimum absolute atomic E-state index is 0.0850. The van der Waals surface area contributed by atoms with E-state index in [9.17, 15) is 4.39 Å². The van der Waals surface area contributed by atoms with Gasteiger partial charge in [0.15, 0.2) is 0 Å². The summed E-state index contributed by atoms with van der Waals surface area (Å²) in [7, 11) is 0. The van der Waals surface area contributed by atoms with Gasteiger partial charge in [-0.05, 0) is 24.2 Å². The molecule has 0 aliphatic carbocycles. The Labute approximate surface area is 100 Å². The molecule has 0 saturated heterocycles. The zero-order valence-electron chi connectivity index (χ0n) is 9.78. The van der Waals surface area contributed by atoms with Crippen molar-refractivity contribution in [2.24, 2.45) is 0 Å². The Morgan fingerprint density at radius 3 is 3.00 bits per heavy atom. The molecule has 0 fully saturated rings. The number of halogens is 1. The van der Waals surface area contributed by atoms with E-state index in [2.05, 4.69) is 15.3 Å². The van der Waals surface area contributed by atoms with Crippen LogP contribution >= 0.6 is 0 Å². The largest absolute Gasteiger partial charge is 0.349 e. The summed E-state index contributed by atoms with van der Waals surface area (Å²) in [5, 5.41) is 3.34. The highest BCUT2D eigenvalue weighted by atomic mass is 19.1. The predicted octanol–water partition coefficient (Wildman–Crippen LogP) is 2.44. The van der Waals surface area contributed by atoms with E-state index >= 15 is 0 Å². The number of likely N-dealkylation sites (N-methyl/N-ethyl adjacent to an activating group) is 1. The number of nitrogens with zero attached hydrogens (tertiary/aromatic N) is 1. The lowest BCUT2D eigenvalue weighted by Gasteiger charge is -2.17. The number of aromatic nitrogens is 2. The highest BCUT2D eigenvalue weighted by Crippen LogP contribution is 2.17. The fourth-order valence-electron chi connectivity index (χ4n) is 1.88. The highest BCUT2D eigenvalue weighted by molar-refractivity contribution is 5.21. The van der Waals surface area contributed by atoms with Crippen LogP contribution in [0.3, 0.4) is 0 Å². The van der Waals surface area contributed by atoms with E-state index in [4.69, 9.17) is 0 Å². The van der Waals surface area contributed by atoms with Crippen LogP contribution in [0.4, 0.5) is 4.39 Å². The molecule has 1 aromatic heterocycles. The fraction of sp³-hybridized carbons (Fsp3) is 0.308. The molecule has 17 heavy (non-hydrogen) atoms. The average Bonchev–Trinajstić information content (AvgIpc) is 2.81. The molecule has 3 nitrogen and oxygen atoms in total. The number of aromatic amines is 1. The van der Waals surface area contributed by atoms with Gasteiger partial charge in [-0.1, -0.05) is 19.1 Å². The van der Waals surface area contributed by atoms with E-state index in [0.29, 0.717) is 0 Å². The van der Waals surface area contributed by atoms with Crippen LogP contribution in [0.25, 0.3) is 0 Å². The molecule has 1 atom stereocenters. The molecule has 1 unspecified atom stereocenters. The van der Waals surface area contributed by atoms with Gasteiger partial charge in [-0.25, -0.2) is 9.37 Å². The van der Waals surface area contributed by atoms with Crippen LogP contribution in [0.15, 0.2) is 36.7 Å². The fourth-order valence-corrected chi connectivity index (χ4v) is 1.88. The zero-order valence-corrected chi connectivity index (χ0v) is 9.78. The van der Waals surface area contributed by atoms with E-state index < -0.39 is 0 Å². The lowest BCUT2D eigenvalue weighted by Crippen LogP contribution is -2.23. The molecular weight excluding hydrogens is 217 g/mol. The molecule has 0 spiro atoms. The van der Waals surface area contributed by atoms with Gasteiger partial charge in [0, 0.05) is 24.9 Å². The summed E-state index contributed by atoms with van der Waals surface area (Å²) >= 11 is 0. The molecule has 0 aliphatic heterocycles. The second-order valence-corrected chi connectivity index (χ2v) is 3.91. The number of benzene rings is 1. The van der Waals surface area contributed by atoms with Gasteiger partial charge >= 0.3 is 0 Å². The van der Waals surface area contributed by atoms with E-state index in [0.717, 1.165) is 24.4 Å². The van der Waals surface area contributed by atoms with Gasteiger partial charge in [0.25, 0.3) is 0 Å². The van der Waals surface area contributed by atoms with Gasteiger partial charge in [0.2, 0.25) is 0 Å².